The second-order valence-electron chi connectivity index (χ2n) is 6.42. The van der Waals surface area contributed by atoms with Crippen molar-refractivity contribution in [2.45, 2.75) is 31.7 Å². The SMILES string of the molecule is CCNC(=NCc1ccc(C)cc1OC)NCCCS(=O)(=O)c1ccccc1. The van der Waals surface area contributed by atoms with Crippen LogP contribution < -0.4 is 15.4 Å². The Morgan fingerprint density at radius 2 is 1.86 bits per heavy atom. The summed E-state index contributed by atoms with van der Waals surface area (Å²) in [4.78, 5) is 4.94. The maximum absolute atomic E-state index is 12.3. The van der Waals surface area contributed by atoms with Crippen molar-refractivity contribution in [1.29, 1.82) is 0 Å². The van der Waals surface area contributed by atoms with Crippen LogP contribution in [-0.4, -0.2) is 40.3 Å². The monoisotopic (exact) mass is 403 g/mol. The number of aryl methyl sites for hydroxylation is 1. The van der Waals surface area contributed by atoms with Gasteiger partial charge in [0.15, 0.2) is 15.8 Å². The summed E-state index contributed by atoms with van der Waals surface area (Å²) in [6.07, 6.45) is 0.496. The van der Waals surface area contributed by atoms with Gasteiger partial charge in [-0.15, -0.1) is 0 Å². The molecular formula is C21H29N3O3S. The van der Waals surface area contributed by atoms with Gasteiger partial charge in [-0.05, 0) is 44.0 Å². The van der Waals surface area contributed by atoms with Crippen LogP contribution in [0.15, 0.2) is 58.4 Å². The number of benzene rings is 2. The molecule has 0 saturated carbocycles. The van der Waals surface area contributed by atoms with Crippen molar-refractivity contribution < 1.29 is 13.2 Å². The van der Waals surface area contributed by atoms with Crippen molar-refractivity contribution >= 4 is 15.8 Å². The van der Waals surface area contributed by atoms with E-state index in [1.165, 1.54) is 0 Å². The molecule has 0 spiro atoms. The van der Waals surface area contributed by atoms with Crippen molar-refractivity contribution in [1.82, 2.24) is 10.6 Å². The van der Waals surface area contributed by atoms with Gasteiger partial charge in [-0.3, -0.25) is 0 Å². The Labute approximate surface area is 168 Å². The Balaban J connectivity index is 1.91. The van der Waals surface area contributed by atoms with Crippen molar-refractivity contribution in [2.24, 2.45) is 4.99 Å². The third-order valence-electron chi connectivity index (χ3n) is 4.18. The molecule has 0 atom stereocenters. The normalized spacial score (nSPS) is 11.9. The van der Waals surface area contributed by atoms with Gasteiger partial charge in [0.2, 0.25) is 0 Å². The Bertz CT molecular complexity index is 881. The van der Waals surface area contributed by atoms with Crippen LogP contribution in [0.2, 0.25) is 0 Å². The summed E-state index contributed by atoms with van der Waals surface area (Å²) >= 11 is 0. The summed E-state index contributed by atoms with van der Waals surface area (Å²) in [5.41, 5.74) is 2.13. The zero-order valence-corrected chi connectivity index (χ0v) is 17.6. The molecular weight excluding hydrogens is 374 g/mol. The van der Waals surface area contributed by atoms with E-state index in [2.05, 4.69) is 15.6 Å². The first-order valence-corrected chi connectivity index (χ1v) is 11.0. The van der Waals surface area contributed by atoms with Gasteiger partial charge in [0.25, 0.3) is 0 Å². The van der Waals surface area contributed by atoms with Gasteiger partial charge < -0.3 is 15.4 Å². The molecule has 0 unspecified atom stereocenters. The second-order valence-corrected chi connectivity index (χ2v) is 8.53. The highest BCUT2D eigenvalue weighted by atomic mass is 32.2. The number of ether oxygens (including phenoxy) is 1. The van der Waals surface area contributed by atoms with Gasteiger partial charge in [0.05, 0.1) is 24.3 Å². The fourth-order valence-electron chi connectivity index (χ4n) is 2.70. The summed E-state index contributed by atoms with van der Waals surface area (Å²) in [5, 5.41) is 6.38. The van der Waals surface area contributed by atoms with Crippen LogP contribution in [0, 0.1) is 6.92 Å². The van der Waals surface area contributed by atoms with Gasteiger partial charge in [-0.1, -0.05) is 30.3 Å². The zero-order chi connectivity index (χ0) is 20.4. The minimum atomic E-state index is -3.26. The first-order valence-electron chi connectivity index (χ1n) is 9.39. The van der Waals surface area contributed by atoms with Crippen LogP contribution in [0.4, 0.5) is 0 Å². The molecule has 28 heavy (non-hydrogen) atoms. The number of guanidine groups is 1. The number of methoxy groups -OCH3 is 1. The van der Waals surface area contributed by atoms with Gasteiger partial charge >= 0.3 is 0 Å². The predicted molar refractivity (Wildman–Crippen MR) is 114 cm³/mol. The molecule has 2 aromatic carbocycles. The Hall–Kier alpha value is -2.54. The zero-order valence-electron chi connectivity index (χ0n) is 16.7. The van der Waals surface area contributed by atoms with E-state index in [9.17, 15) is 8.42 Å². The van der Waals surface area contributed by atoms with Crippen LogP contribution in [0.3, 0.4) is 0 Å². The smallest absolute Gasteiger partial charge is 0.191 e. The molecule has 0 fully saturated rings. The minimum Gasteiger partial charge on any atom is -0.496 e. The predicted octanol–water partition coefficient (Wildman–Crippen LogP) is 2.92. The molecule has 0 saturated heterocycles. The standard InChI is InChI=1S/C21H29N3O3S/c1-4-22-21(24-16-18-12-11-17(2)15-20(18)27-3)23-13-8-14-28(25,26)19-9-6-5-7-10-19/h5-7,9-12,15H,4,8,13-14,16H2,1-3H3,(H2,22,23,24). The molecule has 0 amide bonds. The molecule has 152 valence electrons. The van der Waals surface area contributed by atoms with E-state index in [-0.39, 0.29) is 5.75 Å². The molecule has 2 rings (SSSR count). The van der Waals surface area contributed by atoms with Crippen molar-refractivity contribution in [3.05, 3.63) is 59.7 Å². The quantitative estimate of drug-likeness (QED) is 0.382. The number of rotatable bonds is 9. The van der Waals surface area contributed by atoms with Crippen LogP contribution in [0.25, 0.3) is 0 Å². The van der Waals surface area contributed by atoms with Gasteiger partial charge in [-0.2, -0.15) is 0 Å². The van der Waals surface area contributed by atoms with E-state index in [1.54, 1.807) is 31.4 Å². The van der Waals surface area contributed by atoms with E-state index in [1.807, 2.05) is 38.1 Å². The van der Waals surface area contributed by atoms with Crippen molar-refractivity contribution in [2.75, 3.05) is 26.0 Å². The fraction of sp³-hybridized carbons (Fsp3) is 0.381. The van der Waals surface area contributed by atoms with Crippen LogP contribution >= 0.6 is 0 Å². The summed E-state index contributed by atoms with van der Waals surface area (Å²) < 4.78 is 30.1. The highest BCUT2D eigenvalue weighted by molar-refractivity contribution is 7.91. The lowest BCUT2D eigenvalue weighted by Gasteiger charge is -2.12. The fourth-order valence-corrected chi connectivity index (χ4v) is 4.03. The molecule has 0 aliphatic carbocycles. The average Bonchev–Trinajstić information content (AvgIpc) is 2.70. The van der Waals surface area contributed by atoms with E-state index in [0.29, 0.717) is 30.4 Å². The van der Waals surface area contributed by atoms with E-state index >= 15 is 0 Å². The maximum atomic E-state index is 12.3. The molecule has 0 bridgehead atoms. The second kappa shape index (κ2) is 10.7. The maximum Gasteiger partial charge on any atom is 0.191 e. The van der Waals surface area contributed by atoms with Crippen molar-refractivity contribution in [3.8, 4) is 5.75 Å². The molecule has 2 N–H and O–H groups in total. The highest BCUT2D eigenvalue weighted by Crippen LogP contribution is 2.20. The van der Waals surface area contributed by atoms with Crippen LogP contribution in [-0.2, 0) is 16.4 Å². The number of sulfone groups is 1. The van der Waals surface area contributed by atoms with E-state index in [0.717, 1.165) is 23.4 Å². The lowest BCUT2D eigenvalue weighted by Crippen LogP contribution is -2.38. The number of aliphatic imine (C=N–C) groups is 1. The molecule has 0 aromatic heterocycles. The van der Waals surface area contributed by atoms with Gasteiger partial charge in [0.1, 0.15) is 5.75 Å². The summed E-state index contributed by atoms with van der Waals surface area (Å²) in [6.45, 7) is 5.72. The third-order valence-corrected chi connectivity index (χ3v) is 6.00. The third kappa shape index (κ3) is 6.56. The Kier molecular flexibility index (Phi) is 8.32. The summed E-state index contributed by atoms with van der Waals surface area (Å²) in [6, 6.07) is 14.6. The first-order chi connectivity index (χ1) is 13.5. The van der Waals surface area contributed by atoms with Gasteiger partial charge in [0, 0.05) is 18.7 Å². The van der Waals surface area contributed by atoms with Gasteiger partial charge in [-0.25, -0.2) is 13.4 Å². The van der Waals surface area contributed by atoms with E-state index < -0.39 is 9.84 Å². The molecule has 0 aliphatic rings. The largest absolute Gasteiger partial charge is 0.496 e. The molecule has 0 heterocycles. The number of hydrogen-bond acceptors (Lipinski definition) is 4. The lowest BCUT2D eigenvalue weighted by molar-refractivity contribution is 0.409. The number of hydrogen-bond donors (Lipinski definition) is 2. The summed E-state index contributed by atoms with van der Waals surface area (Å²) in [5.74, 6) is 1.56. The molecule has 0 radical (unpaired) electrons. The van der Waals surface area contributed by atoms with Crippen LogP contribution in [0.1, 0.15) is 24.5 Å². The molecule has 6 nitrogen and oxygen atoms in total. The molecule has 2 aromatic rings. The minimum absolute atomic E-state index is 0.0925. The van der Waals surface area contributed by atoms with Crippen molar-refractivity contribution in [3.63, 3.8) is 0 Å². The van der Waals surface area contributed by atoms with E-state index in [4.69, 9.17) is 4.74 Å². The lowest BCUT2D eigenvalue weighted by atomic mass is 10.1. The average molecular weight is 404 g/mol. The summed E-state index contributed by atoms with van der Waals surface area (Å²) in [7, 11) is -1.60. The Morgan fingerprint density at radius 1 is 1.11 bits per heavy atom. The van der Waals surface area contributed by atoms with Crippen LogP contribution in [0.5, 0.6) is 5.75 Å². The Morgan fingerprint density at radius 3 is 2.54 bits per heavy atom. The molecule has 0 aliphatic heterocycles. The topological polar surface area (TPSA) is 79.8 Å². The number of nitrogens with one attached hydrogen (secondary N) is 2. The first kappa shape index (κ1) is 21.8. The molecule has 7 heteroatoms. The highest BCUT2D eigenvalue weighted by Gasteiger charge is 2.13. The number of nitrogens with zero attached hydrogens (tertiary/aromatic N) is 1.